The van der Waals surface area contributed by atoms with Gasteiger partial charge in [-0.3, -0.25) is 15.4 Å². The zero-order chi connectivity index (χ0) is 15.4. The second kappa shape index (κ2) is 6.01. The summed E-state index contributed by atoms with van der Waals surface area (Å²) >= 11 is 0.908. The SMILES string of the molecule is O=C(Nc1cccc([N+](=O)[O-])c1)Nc1ccc(C(=O)O)s1. The number of anilines is 2. The molecule has 2 aromatic rings. The highest BCUT2D eigenvalue weighted by Gasteiger charge is 2.11. The molecule has 2 amide bonds. The van der Waals surface area contributed by atoms with E-state index < -0.39 is 16.9 Å². The van der Waals surface area contributed by atoms with Crippen LogP contribution in [0.3, 0.4) is 0 Å². The maximum Gasteiger partial charge on any atom is 0.345 e. The number of benzene rings is 1. The van der Waals surface area contributed by atoms with Crippen LogP contribution in [-0.2, 0) is 0 Å². The number of hydrogen-bond donors (Lipinski definition) is 3. The summed E-state index contributed by atoms with van der Waals surface area (Å²) in [7, 11) is 0. The van der Waals surface area contributed by atoms with Crippen LogP contribution < -0.4 is 10.6 Å². The lowest BCUT2D eigenvalue weighted by molar-refractivity contribution is -0.384. The summed E-state index contributed by atoms with van der Waals surface area (Å²) in [6, 6.07) is 7.69. The fourth-order valence-corrected chi connectivity index (χ4v) is 2.23. The maximum atomic E-state index is 11.7. The lowest BCUT2D eigenvalue weighted by Crippen LogP contribution is -2.18. The van der Waals surface area contributed by atoms with E-state index in [0.29, 0.717) is 5.00 Å². The Bertz CT molecular complexity index is 712. The summed E-state index contributed by atoms with van der Waals surface area (Å²) in [6.07, 6.45) is 0. The number of aromatic carboxylic acids is 1. The molecule has 21 heavy (non-hydrogen) atoms. The smallest absolute Gasteiger partial charge is 0.345 e. The normalized spacial score (nSPS) is 9.90. The third-order valence-electron chi connectivity index (χ3n) is 2.37. The number of carboxylic acids is 1. The van der Waals surface area contributed by atoms with E-state index in [1.54, 1.807) is 0 Å². The van der Waals surface area contributed by atoms with E-state index in [-0.39, 0.29) is 16.3 Å². The van der Waals surface area contributed by atoms with Crippen molar-refractivity contribution in [2.75, 3.05) is 10.6 Å². The fourth-order valence-electron chi connectivity index (χ4n) is 1.49. The number of carbonyl (C=O) groups excluding carboxylic acids is 1. The third kappa shape index (κ3) is 3.76. The Morgan fingerprint density at radius 3 is 2.57 bits per heavy atom. The topological polar surface area (TPSA) is 122 Å². The summed E-state index contributed by atoms with van der Waals surface area (Å²) < 4.78 is 0. The summed E-state index contributed by atoms with van der Waals surface area (Å²) in [5, 5.41) is 24.6. The van der Waals surface area contributed by atoms with Gasteiger partial charge in [0.1, 0.15) is 4.88 Å². The molecule has 1 aromatic carbocycles. The Kier molecular flexibility index (Phi) is 4.14. The predicted octanol–water partition coefficient (Wildman–Crippen LogP) is 3.00. The van der Waals surface area contributed by atoms with Crippen LogP contribution in [0.2, 0.25) is 0 Å². The van der Waals surface area contributed by atoms with Gasteiger partial charge in [0.15, 0.2) is 0 Å². The van der Waals surface area contributed by atoms with Crippen molar-refractivity contribution in [3.05, 3.63) is 51.4 Å². The fraction of sp³-hybridized carbons (Fsp3) is 0. The number of carboxylic acid groups (broad SMARTS) is 1. The molecule has 0 unspecified atom stereocenters. The van der Waals surface area contributed by atoms with Gasteiger partial charge in [0.05, 0.1) is 9.92 Å². The molecule has 0 atom stereocenters. The Balaban J connectivity index is 2.02. The van der Waals surface area contributed by atoms with Gasteiger partial charge < -0.3 is 10.4 Å². The quantitative estimate of drug-likeness (QED) is 0.592. The van der Waals surface area contributed by atoms with E-state index in [9.17, 15) is 19.7 Å². The van der Waals surface area contributed by atoms with Crippen molar-refractivity contribution in [2.24, 2.45) is 0 Å². The number of non-ortho nitro benzene ring substituents is 1. The third-order valence-corrected chi connectivity index (χ3v) is 3.36. The summed E-state index contributed by atoms with van der Waals surface area (Å²) in [4.78, 5) is 32.6. The van der Waals surface area contributed by atoms with Gasteiger partial charge in [0, 0.05) is 17.8 Å². The van der Waals surface area contributed by atoms with Crippen molar-refractivity contribution in [1.82, 2.24) is 0 Å². The van der Waals surface area contributed by atoms with E-state index in [1.165, 1.54) is 36.4 Å². The number of nitro groups is 1. The van der Waals surface area contributed by atoms with Crippen LogP contribution in [0.1, 0.15) is 9.67 Å². The highest BCUT2D eigenvalue weighted by atomic mass is 32.1. The predicted molar refractivity (Wildman–Crippen MR) is 77.0 cm³/mol. The molecule has 0 aliphatic carbocycles. The molecular weight excluding hydrogens is 298 g/mol. The number of rotatable bonds is 4. The van der Waals surface area contributed by atoms with E-state index in [1.807, 2.05) is 0 Å². The Labute approximate surface area is 122 Å². The molecule has 108 valence electrons. The number of nitro benzene ring substituents is 1. The molecule has 0 radical (unpaired) electrons. The minimum atomic E-state index is -1.08. The van der Waals surface area contributed by atoms with Crippen molar-refractivity contribution in [3.8, 4) is 0 Å². The zero-order valence-electron chi connectivity index (χ0n) is 10.4. The van der Waals surface area contributed by atoms with Gasteiger partial charge in [-0.15, -0.1) is 11.3 Å². The minimum Gasteiger partial charge on any atom is -0.477 e. The molecule has 9 heteroatoms. The molecule has 0 aliphatic rings. The van der Waals surface area contributed by atoms with Crippen LogP contribution in [0, 0.1) is 10.1 Å². The lowest BCUT2D eigenvalue weighted by atomic mass is 10.3. The number of urea groups is 1. The second-order valence-corrected chi connectivity index (χ2v) is 4.94. The highest BCUT2D eigenvalue weighted by molar-refractivity contribution is 7.18. The van der Waals surface area contributed by atoms with Gasteiger partial charge in [-0.1, -0.05) is 6.07 Å². The van der Waals surface area contributed by atoms with Crippen molar-refractivity contribution in [3.63, 3.8) is 0 Å². The summed E-state index contributed by atoms with van der Waals surface area (Å²) in [5.74, 6) is -1.08. The first kappa shape index (κ1) is 14.5. The number of amides is 2. The summed E-state index contributed by atoms with van der Waals surface area (Å²) in [6.45, 7) is 0. The van der Waals surface area contributed by atoms with Crippen LogP contribution >= 0.6 is 11.3 Å². The highest BCUT2D eigenvalue weighted by Crippen LogP contribution is 2.22. The van der Waals surface area contributed by atoms with Gasteiger partial charge in [0.2, 0.25) is 0 Å². The van der Waals surface area contributed by atoms with Crippen LogP contribution in [0.4, 0.5) is 21.2 Å². The lowest BCUT2D eigenvalue weighted by Gasteiger charge is -2.05. The van der Waals surface area contributed by atoms with Gasteiger partial charge in [-0.05, 0) is 18.2 Å². The Morgan fingerprint density at radius 1 is 1.19 bits per heavy atom. The molecule has 0 spiro atoms. The molecular formula is C12H9N3O5S. The van der Waals surface area contributed by atoms with Crippen molar-refractivity contribution >= 4 is 39.7 Å². The summed E-state index contributed by atoms with van der Waals surface area (Å²) in [5.41, 5.74) is 0.119. The molecule has 2 rings (SSSR count). The van der Waals surface area contributed by atoms with Gasteiger partial charge in [-0.2, -0.15) is 0 Å². The first-order valence-electron chi connectivity index (χ1n) is 5.61. The van der Waals surface area contributed by atoms with Crippen LogP contribution in [0.25, 0.3) is 0 Å². The number of nitrogens with zero attached hydrogens (tertiary/aromatic N) is 1. The maximum absolute atomic E-state index is 11.7. The van der Waals surface area contributed by atoms with Crippen molar-refractivity contribution in [1.29, 1.82) is 0 Å². The monoisotopic (exact) mass is 307 g/mol. The molecule has 3 N–H and O–H groups in total. The van der Waals surface area contributed by atoms with E-state index in [0.717, 1.165) is 11.3 Å². The van der Waals surface area contributed by atoms with E-state index in [2.05, 4.69) is 10.6 Å². The van der Waals surface area contributed by atoms with Crippen molar-refractivity contribution in [2.45, 2.75) is 0 Å². The van der Waals surface area contributed by atoms with Crippen LogP contribution in [0.15, 0.2) is 36.4 Å². The van der Waals surface area contributed by atoms with Gasteiger partial charge in [0.25, 0.3) is 5.69 Å². The first-order chi connectivity index (χ1) is 9.95. The molecule has 0 fully saturated rings. The number of nitrogens with one attached hydrogen (secondary N) is 2. The zero-order valence-corrected chi connectivity index (χ0v) is 11.2. The molecule has 0 aliphatic heterocycles. The van der Waals surface area contributed by atoms with Crippen molar-refractivity contribution < 1.29 is 19.6 Å². The Morgan fingerprint density at radius 2 is 1.95 bits per heavy atom. The second-order valence-electron chi connectivity index (χ2n) is 3.86. The number of carbonyl (C=O) groups is 2. The van der Waals surface area contributed by atoms with Gasteiger partial charge >= 0.3 is 12.0 Å². The molecule has 0 saturated carbocycles. The average Bonchev–Trinajstić information content (AvgIpc) is 2.87. The largest absolute Gasteiger partial charge is 0.477 e. The molecule has 0 bridgehead atoms. The van der Waals surface area contributed by atoms with E-state index >= 15 is 0 Å². The minimum absolute atomic E-state index is 0.0978. The standard InChI is InChI=1S/C12H9N3O5S/c16-11(17)9-4-5-10(21-9)14-12(18)13-7-2-1-3-8(6-7)15(19)20/h1-6H,(H,16,17)(H2,13,14,18). The number of hydrogen-bond acceptors (Lipinski definition) is 5. The van der Waals surface area contributed by atoms with E-state index in [4.69, 9.17) is 5.11 Å². The first-order valence-corrected chi connectivity index (χ1v) is 6.43. The van der Waals surface area contributed by atoms with Crippen LogP contribution in [0.5, 0.6) is 0 Å². The molecule has 8 nitrogen and oxygen atoms in total. The number of thiophene rings is 1. The Hall–Kier alpha value is -2.94. The van der Waals surface area contributed by atoms with Crippen LogP contribution in [-0.4, -0.2) is 22.0 Å². The molecule has 0 saturated heterocycles. The molecule has 1 heterocycles. The average molecular weight is 307 g/mol. The van der Waals surface area contributed by atoms with Gasteiger partial charge in [-0.25, -0.2) is 9.59 Å². The molecule has 1 aromatic heterocycles.